The number of benzene rings is 3. The monoisotopic (exact) mass is 490 g/mol. The number of halogens is 1. The average molecular weight is 491 g/mol. The number of carbonyl (C=O) groups excluding carboxylic acids is 2. The number of ketones is 1. The van der Waals surface area contributed by atoms with Crippen LogP contribution in [0.2, 0.25) is 5.02 Å². The van der Waals surface area contributed by atoms with Crippen LogP contribution in [0.5, 0.6) is 0 Å². The molecule has 1 N–H and O–H groups in total. The molecule has 3 aromatic carbocycles. The van der Waals surface area contributed by atoms with Crippen molar-refractivity contribution >= 4 is 35.1 Å². The second-order valence-electron chi connectivity index (χ2n) is 7.60. The smallest absolute Gasteiger partial charge is 0.216 e. The summed E-state index contributed by atoms with van der Waals surface area (Å²) in [6.07, 6.45) is 0.505. The van der Waals surface area contributed by atoms with E-state index in [9.17, 15) is 9.59 Å². The molecular formula is C26H23ClN4O2S. The summed E-state index contributed by atoms with van der Waals surface area (Å²) in [6.45, 7) is 1.92. The molecule has 4 aromatic rings. The van der Waals surface area contributed by atoms with Gasteiger partial charge in [0.1, 0.15) is 5.82 Å². The quantitative estimate of drug-likeness (QED) is 0.256. The molecule has 4 rings (SSSR count). The van der Waals surface area contributed by atoms with Gasteiger partial charge in [-0.2, -0.15) is 0 Å². The molecule has 0 atom stereocenters. The molecule has 0 unspecified atom stereocenters. The first-order chi connectivity index (χ1) is 16.5. The molecule has 0 bridgehead atoms. The maximum atomic E-state index is 12.9. The zero-order chi connectivity index (χ0) is 23.9. The number of nitrogens with zero attached hydrogens (tertiary/aromatic N) is 3. The topological polar surface area (TPSA) is 76.9 Å². The Morgan fingerprint density at radius 3 is 2.26 bits per heavy atom. The maximum Gasteiger partial charge on any atom is 0.216 e. The minimum atomic E-state index is -0.101. The van der Waals surface area contributed by atoms with Gasteiger partial charge in [-0.25, -0.2) is 0 Å². The number of rotatable bonds is 9. The van der Waals surface area contributed by atoms with Gasteiger partial charge in [0.05, 0.1) is 5.75 Å². The Morgan fingerprint density at radius 1 is 0.912 bits per heavy atom. The van der Waals surface area contributed by atoms with Crippen molar-refractivity contribution in [3.05, 3.63) is 95.3 Å². The Kier molecular flexibility index (Phi) is 7.77. The molecule has 0 fully saturated rings. The summed E-state index contributed by atoms with van der Waals surface area (Å²) in [4.78, 5) is 24.1. The Labute approximate surface area is 207 Å². The fourth-order valence-corrected chi connectivity index (χ4v) is 4.44. The number of amides is 1. The lowest BCUT2D eigenvalue weighted by Crippen LogP contribution is -2.23. The van der Waals surface area contributed by atoms with Crippen molar-refractivity contribution in [1.82, 2.24) is 20.1 Å². The molecule has 1 amide bonds. The van der Waals surface area contributed by atoms with E-state index in [0.717, 1.165) is 16.8 Å². The van der Waals surface area contributed by atoms with Gasteiger partial charge in [0.25, 0.3) is 0 Å². The molecule has 0 radical (unpaired) electrons. The highest BCUT2D eigenvalue weighted by molar-refractivity contribution is 7.99. The maximum absolute atomic E-state index is 12.9. The Hall–Kier alpha value is -3.42. The number of hydrogen-bond acceptors (Lipinski definition) is 5. The van der Waals surface area contributed by atoms with Gasteiger partial charge >= 0.3 is 0 Å². The van der Waals surface area contributed by atoms with Crippen LogP contribution in [0.3, 0.4) is 0 Å². The van der Waals surface area contributed by atoms with Crippen LogP contribution in [0.15, 0.2) is 84.0 Å². The second-order valence-corrected chi connectivity index (χ2v) is 8.98. The van der Waals surface area contributed by atoms with Crippen molar-refractivity contribution in [2.24, 2.45) is 0 Å². The lowest BCUT2D eigenvalue weighted by atomic mass is 10.0. The predicted molar refractivity (Wildman–Crippen MR) is 136 cm³/mol. The van der Waals surface area contributed by atoms with Crippen molar-refractivity contribution in [2.75, 3.05) is 12.3 Å². The normalized spacial score (nSPS) is 10.8. The molecule has 1 heterocycles. The molecule has 1 aromatic heterocycles. The number of nitrogens with one attached hydrogen (secondary N) is 1. The van der Waals surface area contributed by atoms with E-state index in [1.807, 2.05) is 71.3 Å². The molecule has 0 saturated carbocycles. The van der Waals surface area contributed by atoms with Crippen LogP contribution in [-0.4, -0.2) is 38.8 Å². The van der Waals surface area contributed by atoms with Gasteiger partial charge in [-0.15, -0.1) is 10.2 Å². The minimum absolute atomic E-state index is 0.00932. The first kappa shape index (κ1) is 23.7. The number of aromatic nitrogens is 3. The summed E-state index contributed by atoms with van der Waals surface area (Å²) < 4.78 is 1.90. The van der Waals surface area contributed by atoms with Gasteiger partial charge in [-0.1, -0.05) is 78.0 Å². The number of Topliss-reactive ketones (excluding diaryl/α,β-unsaturated/α-hetero) is 1. The van der Waals surface area contributed by atoms with Crippen molar-refractivity contribution in [3.8, 4) is 16.8 Å². The molecule has 0 aliphatic carbocycles. The van der Waals surface area contributed by atoms with Gasteiger partial charge in [-0.05, 0) is 35.4 Å². The highest BCUT2D eigenvalue weighted by atomic mass is 35.5. The summed E-state index contributed by atoms with van der Waals surface area (Å²) in [5, 5.41) is 12.6. The van der Waals surface area contributed by atoms with Crippen LogP contribution in [0.25, 0.3) is 16.8 Å². The highest BCUT2D eigenvalue weighted by Gasteiger charge is 2.17. The first-order valence-corrected chi connectivity index (χ1v) is 12.1. The second kappa shape index (κ2) is 11.1. The Balaban J connectivity index is 1.49. The number of carbonyl (C=O) groups is 2. The summed E-state index contributed by atoms with van der Waals surface area (Å²) in [6, 6.07) is 25.0. The van der Waals surface area contributed by atoms with Crippen molar-refractivity contribution in [1.29, 1.82) is 0 Å². The Bertz CT molecular complexity index is 1270. The third-order valence-electron chi connectivity index (χ3n) is 5.15. The van der Waals surface area contributed by atoms with E-state index in [1.165, 1.54) is 18.7 Å². The zero-order valence-corrected chi connectivity index (χ0v) is 20.1. The molecule has 0 aliphatic rings. The fourth-order valence-electron chi connectivity index (χ4n) is 3.45. The molecule has 6 nitrogen and oxygen atoms in total. The molecule has 0 saturated heterocycles. The third-order valence-corrected chi connectivity index (χ3v) is 6.34. The first-order valence-electron chi connectivity index (χ1n) is 10.8. The number of hydrogen-bond donors (Lipinski definition) is 1. The zero-order valence-electron chi connectivity index (χ0n) is 18.6. The van der Waals surface area contributed by atoms with E-state index in [0.29, 0.717) is 34.5 Å². The van der Waals surface area contributed by atoms with Gasteiger partial charge < -0.3 is 5.32 Å². The van der Waals surface area contributed by atoms with Crippen LogP contribution >= 0.6 is 23.4 Å². The van der Waals surface area contributed by atoms with E-state index >= 15 is 0 Å². The van der Waals surface area contributed by atoms with Gasteiger partial charge in [0.2, 0.25) is 5.91 Å². The Morgan fingerprint density at radius 2 is 1.59 bits per heavy atom. The van der Waals surface area contributed by atoms with Crippen LogP contribution in [0, 0.1) is 0 Å². The van der Waals surface area contributed by atoms with Crippen molar-refractivity contribution < 1.29 is 9.59 Å². The molecule has 0 aliphatic heterocycles. The summed E-state index contributed by atoms with van der Waals surface area (Å²) in [5.41, 5.74) is 3.67. The molecule has 172 valence electrons. The summed E-state index contributed by atoms with van der Waals surface area (Å²) in [5.74, 6) is 0.826. The average Bonchev–Trinajstić information content (AvgIpc) is 3.26. The van der Waals surface area contributed by atoms with Crippen molar-refractivity contribution in [2.45, 2.75) is 18.5 Å². The van der Waals surface area contributed by atoms with E-state index in [4.69, 9.17) is 11.6 Å². The lowest BCUT2D eigenvalue weighted by Gasteiger charge is -2.11. The van der Waals surface area contributed by atoms with Gasteiger partial charge in [0, 0.05) is 36.2 Å². The number of thioether (sulfide) groups is 1. The molecule has 0 spiro atoms. The third kappa shape index (κ3) is 5.92. The van der Waals surface area contributed by atoms with Crippen LogP contribution < -0.4 is 5.32 Å². The molecular weight excluding hydrogens is 468 g/mol. The van der Waals surface area contributed by atoms with Crippen LogP contribution in [0.4, 0.5) is 0 Å². The van der Waals surface area contributed by atoms with E-state index in [1.54, 1.807) is 12.1 Å². The summed E-state index contributed by atoms with van der Waals surface area (Å²) in [7, 11) is 0. The van der Waals surface area contributed by atoms with E-state index < -0.39 is 0 Å². The van der Waals surface area contributed by atoms with Crippen molar-refractivity contribution in [3.63, 3.8) is 0 Å². The largest absolute Gasteiger partial charge is 0.356 e. The highest BCUT2D eigenvalue weighted by Crippen LogP contribution is 2.25. The molecule has 34 heavy (non-hydrogen) atoms. The van der Waals surface area contributed by atoms with Crippen LogP contribution in [-0.2, 0) is 11.2 Å². The van der Waals surface area contributed by atoms with Gasteiger partial charge in [0.15, 0.2) is 10.9 Å². The lowest BCUT2D eigenvalue weighted by molar-refractivity contribution is -0.118. The van der Waals surface area contributed by atoms with E-state index in [-0.39, 0.29) is 17.4 Å². The summed E-state index contributed by atoms with van der Waals surface area (Å²) >= 11 is 7.38. The minimum Gasteiger partial charge on any atom is -0.356 e. The fraction of sp³-hybridized carbons (Fsp3) is 0.154. The SMILES string of the molecule is CC(=O)NCCc1nnc(SCC(=O)c2ccc(-c3ccccc3)cc2)n1-c1ccc(Cl)cc1. The standard InChI is InChI=1S/C26H23ClN4O2S/c1-18(32)28-16-15-25-29-30-26(31(25)23-13-11-22(27)12-14-23)34-17-24(33)21-9-7-20(8-10-21)19-5-3-2-4-6-19/h2-14H,15-17H2,1H3,(H,28,32). The molecule has 8 heteroatoms. The van der Waals surface area contributed by atoms with Crippen LogP contribution in [0.1, 0.15) is 23.1 Å². The van der Waals surface area contributed by atoms with Gasteiger partial charge in [-0.3, -0.25) is 14.2 Å². The van der Waals surface area contributed by atoms with E-state index in [2.05, 4.69) is 15.5 Å². The predicted octanol–water partition coefficient (Wildman–Crippen LogP) is 5.24.